The number of amides is 1. The Balaban J connectivity index is 2.13. The molecule has 1 amide bonds. The summed E-state index contributed by atoms with van der Waals surface area (Å²) in [5.41, 5.74) is 3.34. The van der Waals surface area contributed by atoms with Crippen LogP contribution in [0.15, 0.2) is 18.2 Å². The normalized spacial score (nSPS) is 16.2. The fourth-order valence-electron chi connectivity index (χ4n) is 2.15. The van der Waals surface area contributed by atoms with E-state index >= 15 is 0 Å². The maximum Gasteiger partial charge on any atom is 0.224 e. The standard InChI is InChI=1S/C14H18ClNO/c1-2-3-4-12(15)10-5-7-13-11(9-10)6-8-14(17)16-13/h5,7,9,12H,2-4,6,8H2,1H3,(H,16,17). The van der Waals surface area contributed by atoms with Crippen molar-refractivity contribution in [1.82, 2.24) is 0 Å². The maximum atomic E-state index is 11.2. The molecule has 2 rings (SSSR count). The quantitative estimate of drug-likeness (QED) is 0.804. The number of halogens is 1. The molecule has 0 aliphatic carbocycles. The van der Waals surface area contributed by atoms with Gasteiger partial charge in [-0.05, 0) is 30.0 Å². The van der Waals surface area contributed by atoms with E-state index in [0.29, 0.717) is 6.42 Å². The molecule has 3 heteroatoms. The molecular weight excluding hydrogens is 234 g/mol. The van der Waals surface area contributed by atoms with Crippen LogP contribution < -0.4 is 5.32 Å². The average Bonchev–Trinajstić information content (AvgIpc) is 2.35. The number of nitrogens with one attached hydrogen (secondary N) is 1. The van der Waals surface area contributed by atoms with Gasteiger partial charge in [-0.15, -0.1) is 11.6 Å². The fraction of sp³-hybridized carbons (Fsp3) is 0.500. The number of anilines is 1. The highest BCUT2D eigenvalue weighted by molar-refractivity contribution is 6.20. The lowest BCUT2D eigenvalue weighted by molar-refractivity contribution is -0.116. The van der Waals surface area contributed by atoms with Gasteiger partial charge in [-0.1, -0.05) is 31.9 Å². The Kier molecular flexibility index (Phi) is 4.06. The Morgan fingerprint density at radius 1 is 1.41 bits per heavy atom. The first kappa shape index (κ1) is 12.4. The highest BCUT2D eigenvalue weighted by atomic mass is 35.5. The third-order valence-electron chi connectivity index (χ3n) is 3.20. The van der Waals surface area contributed by atoms with E-state index in [9.17, 15) is 4.79 Å². The van der Waals surface area contributed by atoms with Crippen LogP contribution in [0.1, 0.15) is 49.1 Å². The number of hydrogen-bond acceptors (Lipinski definition) is 1. The summed E-state index contributed by atoms with van der Waals surface area (Å²) in [4.78, 5) is 11.2. The Morgan fingerprint density at radius 2 is 2.24 bits per heavy atom. The second-order valence-corrected chi connectivity index (χ2v) is 5.10. The number of unbranched alkanes of at least 4 members (excludes halogenated alkanes) is 1. The summed E-state index contributed by atoms with van der Waals surface area (Å²) in [6.07, 6.45) is 4.75. The molecule has 0 aromatic heterocycles. The number of rotatable bonds is 4. The number of aryl methyl sites for hydroxylation is 1. The first-order chi connectivity index (χ1) is 8.20. The Bertz CT molecular complexity index is 417. The summed E-state index contributed by atoms with van der Waals surface area (Å²) in [5.74, 6) is 0.110. The summed E-state index contributed by atoms with van der Waals surface area (Å²) in [6.45, 7) is 2.17. The molecule has 0 saturated heterocycles. The van der Waals surface area contributed by atoms with Crippen LogP contribution in [0.5, 0.6) is 0 Å². The lowest BCUT2D eigenvalue weighted by atomic mass is 9.98. The van der Waals surface area contributed by atoms with Gasteiger partial charge in [0.25, 0.3) is 0 Å². The van der Waals surface area contributed by atoms with Gasteiger partial charge in [-0.3, -0.25) is 4.79 Å². The molecule has 1 unspecified atom stereocenters. The van der Waals surface area contributed by atoms with Crippen LogP contribution in [0.25, 0.3) is 0 Å². The summed E-state index contributed by atoms with van der Waals surface area (Å²) < 4.78 is 0. The molecule has 0 spiro atoms. The number of carbonyl (C=O) groups excluding carboxylic acids is 1. The molecule has 1 N–H and O–H groups in total. The largest absolute Gasteiger partial charge is 0.326 e. The molecule has 1 heterocycles. The monoisotopic (exact) mass is 251 g/mol. The van der Waals surface area contributed by atoms with Crippen LogP contribution in [0, 0.1) is 0 Å². The van der Waals surface area contributed by atoms with Crippen molar-refractivity contribution in [3.63, 3.8) is 0 Å². The molecule has 0 saturated carbocycles. The van der Waals surface area contributed by atoms with Gasteiger partial charge in [0.05, 0.1) is 5.38 Å². The molecule has 1 aromatic carbocycles. The second-order valence-electron chi connectivity index (χ2n) is 4.57. The van der Waals surface area contributed by atoms with Gasteiger partial charge in [-0.25, -0.2) is 0 Å². The zero-order chi connectivity index (χ0) is 12.3. The van der Waals surface area contributed by atoms with E-state index in [2.05, 4.69) is 18.3 Å². The van der Waals surface area contributed by atoms with Crippen LogP contribution in [0.4, 0.5) is 5.69 Å². The minimum Gasteiger partial charge on any atom is -0.326 e. The SMILES string of the molecule is CCCCC(Cl)c1ccc2c(c1)CCC(=O)N2. The van der Waals surface area contributed by atoms with Crippen molar-refractivity contribution < 1.29 is 4.79 Å². The minimum atomic E-state index is 0.0953. The Morgan fingerprint density at radius 3 is 3.00 bits per heavy atom. The molecular formula is C14H18ClNO. The smallest absolute Gasteiger partial charge is 0.224 e. The van der Waals surface area contributed by atoms with Crippen molar-refractivity contribution in [2.24, 2.45) is 0 Å². The van der Waals surface area contributed by atoms with E-state index in [1.165, 1.54) is 17.5 Å². The summed E-state index contributed by atoms with van der Waals surface area (Å²) in [7, 11) is 0. The van der Waals surface area contributed by atoms with E-state index in [-0.39, 0.29) is 11.3 Å². The fourth-order valence-corrected chi connectivity index (χ4v) is 2.44. The van der Waals surface area contributed by atoms with E-state index < -0.39 is 0 Å². The van der Waals surface area contributed by atoms with Crippen LogP contribution in [0.2, 0.25) is 0 Å². The zero-order valence-corrected chi connectivity index (χ0v) is 10.9. The van der Waals surface area contributed by atoms with Crippen molar-refractivity contribution in [3.8, 4) is 0 Å². The first-order valence-corrected chi connectivity index (χ1v) is 6.71. The van der Waals surface area contributed by atoms with Crippen LogP contribution in [-0.2, 0) is 11.2 Å². The van der Waals surface area contributed by atoms with Gasteiger partial charge in [0.15, 0.2) is 0 Å². The van der Waals surface area contributed by atoms with Gasteiger partial charge in [0, 0.05) is 12.1 Å². The topological polar surface area (TPSA) is 29.1 Å². The van der Waals surface area contributed by atoms with Gasteiger partial charge in [0.1, 0.15) is 0 Å². The molecule has 0 fully saturated rings. The molecule has 1 atom stereocenters. The van der Waals surface area contributed by atoms with E-state index in [1.54, 1.807) is 0 Å². The summed E-state index contributed by atoms with van der Waals surface area (Å²) in [5, 5.41) is 2.98. The molecule has 1 aliphatic heterocycles. The lowest BCUT2D eigenvalue weighted by Crippen LogP contribution is -2.19. The van der Waals surface area contributed by atoms with Crippen molar-refractivity contribution in [3.05, 3.63) is 29.3 Å². The number of hydrogen-bond donors (Lipinski definition) is 1. The van der Waals surface area contributed by atoms with E-state index in [1.807, 2.05) is 12.1 Å². The number of fused-ring (bicyclic) bond motifs is 1. The average molecular weight is 252 g/mol. The third kappa shape index (κ3) is 3.01. The highest BCUT2D eigenvalue weighted by Crippen LogP contribution is 2.31. The van der Waals surface area contributed by atoms with Crippen molar-refractivity contribution in [1.29, 1.82) is 0 Å². The molecule has 17 heavy (non-hydrogen) atoms. The number of benzene rings is 1. The van der Waals surface area contributed by atoms with Gasteiger partial charge in [0.2, 0.25) is 5.91 Å². The molecule has 2 nitrogen and oxygen atoms in total. The number of carbonyl (C=O) groups is 1. The molecule has 1 aliphatic rings. The lowest BCUT2D eigenvalue weighted by Gasteiger charge is -2.19. The van der Waals surface area contributed by atoms with Crippen molar-refractivity contribution in [2.75, 3.05) is 5.32 Å². The Labute approximate surface area is 107 Å². The molecule has 0 bridgehead atoms. The van der Waals surface area contributed by atoms with Crippen LogP contribution in [0.3, 0.4) is 0 Å². The minimum absolute atomic E-state index is 0.0953. The van der Waals surface area contributed by atoms with Gasteiger partial charge >= 0.3 is 0 Å². The van der Waals surface area contributed by atoms with Gasteiger partial charge in [-0.2, -0.15) is 0 Å². The van der Waals surface area contributed by atoms with Crippen LogP contribution in [-0.4, -0.2) is 5.91 Å². The van der Waals surface area contributed by atoms with Gasteiger partial charge < -0.3 is 5.32 Å². The molecule has 1 aromatic rings. The Hall–Kier alpha value is -1.02. The predicted octanol–water partition coefficient (Wildman–Crippen LogP) is 4.04. The van der Waals surface area contributed by atoms with Crippen molar-refractivity contribution in [2.45, 2.75) is 44.4 Å². The van der Waals surface area contributed by atoms with E-state index in [0.717, 1.165) is 24.9 Å². The number of alkyl halides is 1. The zero-order valence-electron chi connectivity index (χ0n) is 10.1. The first-order valence-electron chi connectivity index (χ1n) is 6.27. The molecule has 92 valence electrons. The predicted molar refractivity (Wildman–Crippen MR) is 71.5 cm³/mol. The summed E-state index contributed by atoms with van der Waals surface area (Å²) in [6, 6.07) is 6.14. The highest BCUT2D eigenvalue weighted by Gasteiger charge is 2.16. The maximum absolute atomic E-state index is 11.2. The second kappa shape index (κ2) is 5.54. The van der Waals surface area contributed by atoms with Crippen molar-refractivity contribution >= 4 is 23.2 Å². The van der Waals surface area contributed by atoms with Crippen LogP contribution >= 0.6 is 11.6 Å². The summed E-state index contributed by atoms with van der Waals surface area (Å²) >= 11 is 6.37. The molecule has 0 radical (unpaired) electrons. The van der Waals surface area contributed by atoms with E-state index in [4.69, 9.17) is 11.6 Å². The third-order valence-corrected chi connectivity index (χ3v) is 3.67.